The van der Waals surface area contributed by atoms with Crippen LogP contribution >= 0.6 is 11.7 Å². The van der Waals surface area contributed by atoms with Crippen LogP contribution in [0, 0.1) is 6.92 Å². The predicted molar refractivity (Wildman–Crippen MR) is 158 cm³/mol. The molecule has 0 bridgehead atoms. The Morgan fingerprint density at radius 2 is 1.03 bits per heavy atom. The van der Waals surface area contributed by atoms with Crippen molar-refractivity contribution < 1.29 is 0 Å². The van der Waals surface area contributed by atoms with Crippen LogP contribution in [0.4, 0.5) is 0 Å². The van der Waals surface area contributed by atoms with Gasteiger partial charge >= 0.3 is 215 Å². The van der Waals surface area contributed by atoms with Crippen molar-refractivity contribution in [1.82, 2.24) is 8.75 Å². The molecule has 0 N–H and O–H groups in total. The fourth-order valence-electron chi connectivity index (χ4n) is 5.42. The number of hydrogen-bond donors (Lipinski definition) is 0. The first-order chi connectivity index (χ1) is 17.1. The minimum atomic E-state index is -2.40. The molecular formula is C31H40N2SSn. The molecule has 0 saturated heterocycles. The second kappa shape index (κ2) is 12.5. The van der Waals surface area contributed by atoms with Crippen molar-refractivity contribution in [2.45, 2.75) is 79.5 Å². The molecule has 0 amide bonds. The number of fused-ring (bicyclic) bond motifs is 1. The topological polar surface area (TPSA) is 25.8 Å². The van der Waals surface area contributed by atoms with Gasteiger partial charge in [-0.05, 0) is 6.92 Å². The van der Waals surface area contributed by atoms with Gasteiger partial charge in [0.2, 0.25) is 0 Å². The third-order valence-electron chi connectivity index (χ3n) is 7.61. The number of aromatic nitrogens is 2. The van der Waals surface area contributed by atoms with Crippen LogP contribution in [0.1, 0.15) is 64.9 Å². The van der Waals surface area contributed by atoms with E-state index in [0.717, 1.165) is 11.0 Å². The molecule has 2 nitrogen and oxygen atoms in total. The molecule has 0 fully saturated rings. The van der Waals surface area contributed by atoms with E-state index in [4.69, 9.17) is 8.75 Å². The summed E-state index contributed by atoms with van der Waals surface area (Å²) in [5.74, 6) is 0. The summed E-state index contributed by atoms with van der Waals surface area (Å²) in [7, 11) is 0. The third kappa shape index (κ3) is 5.99. The van der Waals surface area contributed by atoms with Gasteiger partial charge in [-0.3, -0.25) is 0 Å². The number of unbranched alkanes of at least 4 members (excludes halogenated alkanes) is 3. The summed E-state index contributed by atoms with van der Waals surface area (Å²) in [5.41, 5.74) is 8.16. The first kappa shape index (κ1) is 26.3. The zero-order valence-corrected chi connectivity index (χ0v) is 25.6. The summed E-state index contributed by atoms with van der Waals surface area (Å²) in [5, 5.41) is 0. The van der Waals surface area contributed by atoms with Crippen molar-refractivity contribution in [2.24, 2.45) is 0 Å². The van der Waals surface area contributed by atoms with E-state index in [2.05, 4.69) is 88.4 Å². The molecule has 0 unspecified atom stereocenters. The summed E-state index contributed by atoms with van der Waals surface area (Å²) in [4.78, 5) is 0. The Labute approximate surface area is 220 Å². The van der Waals surface area contributed by atoms with Gasteiger partial charge in [0.05, 0.1) is 0 Å². The Bertz CT molecular complexity index is 1190. The monoisotopic (exact) mass is 592 g/mol. The molecule has 0 spiro atoms. The molecule has 184 valence electrons. The van der Waals surface area contributed by atoms with Gasteiger partial charge in [-0.2, -0.15) is 0 Å². The molecule has 0 atom stereocenters. The van der Waals surface area contributed by atoms with Crippen LogP contribution in [-0.4, -0.2) is 27.1 Å². The Kier molecular flexibility index (Phi) is 9.40. The van der Waals surface area contributed by atoms with Gasteiger partial charge in [-0.15, -0.1) is 0 Å². The Hall–Kier alpha value is -1.72. The first-order valence-electron chi connectivity index (χ1n) is 13.5. The van der Waals surface area contributed by atoms with E-state index in [0.29, 0.717) is 0 Å². The van der Waals surface area contributed by atoms with Crippen molar-refractivity contribution in [3.05, 3.63) is 66.2 Å². The molecule has 0 saturated carbocycles. The van der Waals surface area contributed by atoms with E-state index in [1.807, 2.05) is 0 Å². The maximum atomic E-state index is 4.74. The second-order valence-corrected chi connectivity index (χ2v) is 23.9. The molecule has 1 aromatic heterocycles. The van der Waals surface area contributed by atoms with Crippen LogP contribution < -0.4 is 3.58 Å². The molecule has 0 aliphatic rings. The Balaban J connectivity index is 1.70. The molecule has 4 heteroatoms. The molecule has 0 aliphatic heterocycles. The molecule has 4 aromatic rings. The van der Waals surface area contributed by atoms with Gasteiger partial charge in [-0.25, -0.2) is 0 Å². The van der Waals surface area contributed by atoms with Gasteiger partial charge in [0.15, 0.2) is 0 Å². The van der Waals surface area contributed by atoms with Crippen LogP contribution in [0.5, 0.6) is 0 Å². The zero-order chi connectivity index (χ0) is 24.7. The molecule has 35 heavy (non-hydrogen) atoms. The molecule has 0 radical (unpaired) electrons. The normalized spacial score (nSPS) is 11.9. The summed E-state index contributed by atoms with van der Waals surface area (Å²) in [6.45, 7) is 9.19. The molecule has 4 rings (SSSR count). The second-order valence-electron chi connectivity index (χ2n) is 10.2. The van der Waals surface area contributed by atoms with Crippen molar-refractivity contribution in [2.75, 3.05) is 0 Å². The summed E-state index contributed by atoms with van der Waals surface area (Å²) < 4.78 is 15.7. The van der Waals surface area contributed by atoms with E-state index in [-0.39, 0.29) is 0 Å². The average Bonchev–Trinajstić information content (AvgIpc) is 3.39. The third-order valence-corrected chi connectivity index (χ3v) is 23.8. The van der Waals surface area contributed by atoms with Gasteiger partial charge in [-0.1, -0.05) is 0 Å². The SMILES string of the molecule is CCC[CH2][Sn]([CH2]CCC)([CH2]CCC)[c]1ccc(-c2ccc(-c3ccc(C)cc3)c3nsnc23)cc1. The van der Waals surface area contributed by atoms with Crippen LogP contribution in [0.15, 0.2) is 60.7 Å². The van der Waals surface area contributed by atoms with Gasteiger partial charge < -0.3 is 0 Å². The van der Waals surface area contributed by atoms with Crippen LogP contribution in [-0.2, 0) is 0 Å². The zero-order valence-electron chi connectivity index (χ0n) is 21.9. The van der Waals surface area contributed by atoms with E-state index in [1.165, 1.54) is 91.4 Å². The van der Waals surface area contributed by atoms with Gasteiger partial charge in [0.1, 0.15) is 0 Å². The number of rotatable bonds is 12. The molecular weight excluding hydrogens is 551 g/mol. The predicted octanol–water partition coefficient (Wildman–Crippen LogP) is 9.39. The Morgan fingerprint density at radius 1 is 0.600 bits per heavy atom. The van der Waals surface area contributed by atoms with E-state index in [9.17, 15) is 0 Å². The van der Waals surface area contributed by atoms with Crippen LogP contribution in [0.2, 0.25) is 13.3 Å². The Morgan fingerprint density at radius 3 is 1.46 bits per heavy atom. The number of benzene rings is 3. The van der Waals surface area contributed by atoms with E-state index >= 15 is 0 Å². The van der Waals surface area contributed by atoms with Gasteiger partial charge in [0.25, 0.3) is 0 Å². The molecule has 0 aliphatic carbocycles. The average molecular weight is 591 g/mol. The van der Waals surface area contributed by atoms with Crippen molar-refractivity contribution >= 4 is 44.7 Å². The molecule has 1 heterocycles. The maximum absolute atomic E-state index is 4.74. The standard InChI is InChI=1S/C19H13N2S.3C4H9.Sn/c1-13-7-9-15(10-8-13)17-12-11-16(14-5-3-2-4-6-14)18-19(17)21-22-20-18;3*1-3-4-2;/h3-12H,1H3;3*1,3-4H2,2H3;. The fourth-order valence-corrected chi connectivity index (χ4v) is 21.9. The summed E-state index contributed by atoms with van der Waals surface area (Å²) in [6.07, 6.45) is 8.15. The van der Waals surface area contributed by atoms with Crippen LogP contribution in [0.3, 0.4) is 0 Å². The van der Waals surface area contributed by atoms with Gasteiger partial charge in [0, 0.05) is 0 Å². The quantitative estimate of drug-likeness (QED) is 0.154. The number of nitrogens with zero attached hydrogens (tertiary/aromatic N) is 2. The van der Waals surface area contributed by atoms with E-state index < -0.39 is 18.4 Å². The van der Waals surface area contributed by atoms with E-state index in [1.54, 1.807) is 3.58 Å². The summed E-state index contributed by atoms with van der Waals surface area (Å²) >= 11 is -1.08. The first-order valence-corrected chi connectivity index (χ1v) is 21.8. The fraction of sp³-hybridized carbons (Fsp3) is 0.419. The van der Waals surface area contributed by atoms with Crippen molar-refractivity contribution in [1.29, 1.82) is 0 Å². The van der Waals surface area contributed by atoms with Crippen LogP contribution in [0.25, 0.3) is 33.3 Å². The van der Waals surface area contributed by atoms with Crippen molar-refractivity contribution in [3.8, 4) is 22.3 Å². The number of hydrogen-bond acceptors (Lipinski definition) is 3. The van der Waals surface area contributed by atoms with Crippen molar-refractivity contribution in [3.63, 3.8) is 0 Å². The minimum absolute atomic E-state index is 1.02. The summed E-state index contributed by atoms with van der Waals surface area (Å²) in [6, 6.07) is 23.0. The molecule has 3 aromatic carbocycles. The number of aryl methyl sites for hydroxylation is 1.